The zero-order chi connectivity index (χ0) is 15.8. The van der Waals surface area contributed by atoms with Crippen LogP contribution in [0, 0.1) is 0 Å². The van der Waals surface area contributed by atoms with Crippen LogP contribution in [0.3, 0.4) is 0 Å². The number of anilines is 1. The Morgan fingerprint density at radius 3 is 2.57 bits per heavy atom. The fourth-order valence-corrected chi connectivity index (χ4v) is 3.34. The number of nitrogens with zero attached hydrogens (tertiary/aromatic N) is 1. The third-order valence-corrected chi connectivity index (χ3v) is 4.68. The molecule has 0 saturated carbocycles. The lowest BCUT2D eigenvalue weighted by Gasteiger charge is -2.29. The van der Waals surface area contributed by atoms with Crippen LogP contribution in [0.5, 0.6) is 5.75 Å². The Bertz CT molecular complexity index is 425. The molecule has 0 amide bonds. The number of hydrogen-bond donors (Lipinski definition) is 2. The quantitative estimate of drug-likeness (QED) is 0.722. The minimum atomic E-state index is 0.178. The Morgan fingerprint density at radius 2 is 2.05 bits per heavy atom. The van der Waals surface area contributed by atoms with Crippen molar-refractivity contribution in [2.24, 2.45) is 0 Å². The molecule has 0 aliphatic rings. The Morgan fingerprint density at radius 1 is 1.33 bits per heavy atom. The van der Waals surface area contributed by atoms with E-state index in [1.54, 1.807) is 0 Å². The highest BCUT2D eigenvalue weighted by Gasteiger charge is 2.16. The van der Waals surface area contributed by atoms with E-state index in [0.717, 1.165) is 36.4 Å². The van der Waals surface area contributed by atoms with Crippen molar-refractivity contribution in [2.45, 2.75) is 45.7 Å². The lowest BCUT2D eigenvalue weighted by Crippen LogP contribution is -2.33. The molecule has 0 bridgehead atoms. The van der Waals surface area contributed by atoms with E-state index in [1.807, 2.05) is 23.9 Å². The summed E-state index contributed by atoms with van der Waals surface area (Å²) in [6.07, 6.45) is 4.34. The standard InChI is InChI=1S/C17H30N2OS/c1-6-10-18-13(3)16-9-8-15(11-17(16)20)19(4)14(7-2)12-21-5/h8-9,11,13-14,18,20H,6-7,10,12H2,1-5H3. The molecule has 120 valence electrons. The summed E-state index contributed by atoms with van der Waals surface area (Å²) in [5.74, 6) is 1.48. The third-order valence-electron chi connectivity index (χ3n) is 3.97. The van der Waals surface area contributed by atoms with E-state index in [2.05, 4.69) is 50.4 Å². The average molecular weight is 311 g/mol. The van der Waals surface area contributed by atoms with Gasteiger partial charge in [-0.15, -0.1) is 0 Å². The lowest BCUT2D eigenvalue weighted by molar-refractivity contribution is 0.452. The van der Waals surface area contributed by atoms with Crippen molar-refractivity contribution in [3.8, 4) is 5.75 Å². The molecular weight excluding hydrogens is 280 g/mol. The van der Waals surface area contributed by atoms with Crippen molar-refractivity contribution in [1.82, 2.24) is 5.32 Å². The number of benzene rings is 1. The van der Waals surface area contributed by atoms with E-state index >= 15 is 0 Å². The number of rotatable bonds is 9. The van der Waals surface area contributed by atoms with Gasteiger partial charge in [0.05, 0.1) is 0 Å². The fourth-order valence-electron chi connectivity index (χ4n) is 2.50. The van der Waals surface area contributed by atoms with Crippen LogP contribution in [0.2, 0.25) is 0 Å². The van der Waals surface area contributed by atoms with Crippen LogP contribution in [0.25, 0.3) is 0 Å². The molecule has 0 spiro atoms. The van der Waals surface area contributed by atoms with Crippen LogP contribution in [0.4, 0.5) is 5.69 Å². The van der Waals surface area contributed by atoms with Gasteiger partial charge in [0.2, 0.25) is 0 Å². The van der Waals surface area contributed by atoms with E-state index in [4.69, 9.17) is 0 Å². The summed E-state index contributed by atoms with van der Waals surface area (Å²) in [6, 6.07) is 6.73. The van der Waals surface area contributed by atoms with E-state index in [9.17, 15) is 5.11 Å². The van der Waals surface area contributed by atoms with E-state index in [0.29, 0.717) is 11.8 Å². The van der Waals surface area contributed by atoms with Crippen molar-refractivity contribution in [3.05, 3.63) is 23.8 Å². The number of aromatic hydroxyl groups is 1. The average Bonchev–Trinajstić information content (AvgIpc) is 2.49. The molecule has 1 rings (SSSR count). The monoisotopic (exact) mass is 310 g/mol. The summed E-state index contributed by atoms with van der Waals surface area (Å²) in [5.41, 5.74) is 2.05. The van der Waals surface area contributed by atoms with Crippen LogP contribution >= 0.6 is 11.8 Å². The van der Waals surface area contributed by atoms with E-state index in [-0.39, 0.29) is 6.04 Å². The first-order valence-corrected chi connectivity index (χ1v) is 9.22. The van der Waals surface area contributed by atoms with Crippen LogP contribution in [-0.2, 0) is 0 Å². The second-order valence-corrected chi connectivity index (χ2v) is 6.46. The Kier molecular flexibility index (Phi) is 7.97. The maximum atomic E-state index is 10.3. The Labute approximate surface area is 134 Å². The van der Waals surface area contributed by atoms with Gasteiger partial charge in [0.25, 0.3) is 0 Å². The number of nitrogens with one attached hydrogen (secondary N) is 1. The molecule has 2 atom stereocenters. The van der Waals surface area contributed by atoms with Gasteiger partial charge in [-0.3, -0.25) is 0 Å². The van der Waals surface area contributed by atoms with Gasteiger partial charge in [0, 0.05) is 42.2 Å². The summed E-state index contributed by atoms with van der Waals surface area (Å²) in [5, 5.41) is 13.7. The molecule has 0 radical (unpaired) electrons. The molecule has 2 unspecified atom stereocenters. The molecule has 21 heavy (non-hydrogen) atoms. The number of phenolic OH excluding ortho intramolecular Hbond substituents is 1. The molecule has 0 aromatic heterocycles. The third kappa shape index (κ3) is 5.11. The minimum absolute atomic E-state index is 0.178. The van der Waals surface area contributed by atoms with Crippen LogP contribution in [0.15, 0.2) is 18.2 Å². The van der Waals surface area contributed by atoms with Crippen molar-refractivity contribution < 1.29 is 5.11 Å². The fraction of sp³-hybridized carbons (Fsp3) is 0.647. The number of hydrogen-bond acceptors (Lipinski definition) is 4. The molecule has 4 heteroatoms. The number of thioether (sulfide) groups is 1. The largest absolute Gasteiger partial charge is 0.508 e. The highest BCUT2D eigenvalue weighted by atomic mass is 32.2. The summed E-state index contributed by atoms with van der Waals surface area (Å²) in [6.45, 7) is 7.42. The van der Waals surface area contributed by atoms with Gasteiger partial charge in [-0.25, -0.2) is 0 Å². The van der Waals surface area contributed by atoms with Crippen LogP contribution < -0.4 is 10.2 Å². The van der Waals surface area contributed by atoms with Crippen molar-refractivity contribution in [1.29, 1.82) is 0 Å². The smallest absolute Gasteiger partial charge is 0.122 e. The molecule has 1 aromatic rings. The highest BCUT2D eigenvalue weighted by molar-refractivity contribution is 7.98. The zero-order valence-electron chi connectivity index (χ0n) is 14.0. The SMILES string of the molecule is CCCNC(C)c1ccc(N(C)C(CC)CSC)cc1O. The summed E-state index contributed by atoms with van der Waals surface area (Å²) in [4.78, 5) is 2.27. The van der Waals surface area contributed by atoms with Gasteiger partial charge >= 0.3 is 0 Å². The van der Waals surface area contributed by atoms with Gasteiger partial charge in [0.15, 0.2) is 0 Å². The minimum Gasteiger partial charge on any atom is -0.508 e. The van der Waals surface area contributed by atoms with Gasteiger partial charge in [0.1, 0.15) is 5.75 Å². The lowest BCUT2D eigenvalue weighted by atomic mass is 10.1. The first kappa shape index (κ1) is 18.2. The van der Waals surface area contributed by atoms with Gasteiger partial charge in [-0.05, 0) is 38.6 Å². The first-order chi connectivity index (χ1) is 10.0. The zero-order valence-corrected chi connectivity index (χ0v) is 14.8. The summed E-state index contributed by atoms with van der Waals surface area (Å²) in [7, 11) is 2.11. The van der Waals surface area contributed by atoms with Gasteiger partial charge in [-0.2, -0.15) is 11.8 Å². The van der Waals surface area contributed by atoms with Crippen LogP contribution in [-0.4, -0.2) is 36.7 Å². The maximum Gasteiger partial charge on any atom is 0.122 e. The molecule has 0 fully saturated rings. The number of phenols is 1. The molecule has 0 aliphatic carbocycles. The molecule has 0 aliphatic heterocycles. The van der Waals surface area contributed by atoms with Crippen molar-refractivity contribution in [2.75, 3.05) is 30.5 Å². The normalized spacial score (nSPS) is 14.0. The predicted octanol–water partition coefficient (Wildman–Crippen LogP) is 4.03. The van der Waals surface area contributed by atoms with Crippen molar-refractivity contribution in [3.63, 3.8) is 0 Å². The van der Waals surface area contributed by atoms with Gasteiger partial charge < -0.3 is 15.3 Å². The maximum absolute atomic E-state index is 10.3. The summed E-state index contributed by atoms with van der Waals surface area (Å²) < 4.78 is 0. The second-order valence-electron chi connectivity index (χ2n) is 5.55. The highest BCUT2D eigenvalue weighted by Crippen LogP contribution is 2.30. The summed E-state index contributed by atoms with van der Waals surface area (Å²) >= 11 is 1.86. The Balaban J connectivity index is 2.85. The van der Waals surface area contributed by atoms with Crippen molar-refractivity contribution >= 4 is 17.4 Å². The van der Waals surface area contributed by atoms with Crippen LogP contribution in [0.1, 0.15) is 45.2 Å². The molecule has 0 heterocycles. The molecule has 0 saturated heterocycles. The molecule has 2 N–H and O–H groups in total. The molecule has 1 aromatic carbocycles. The topological polar surface area (TPSA) is 35.5 Å². The van der Waals surface area contributed by atoms with E-state index < -0.39 is 0 Å². The Hall–Kier alpha value is -0.870. The predicted molar refractivity (Wildman–Crippen MR) is 95.7 cm³/mol. The molecule has 3 nitrogen and oxygen atoms in total. The molecular formula is C17H30N2OS. The van der Waals surface area contributed by atoms with Gasteiger partial charge in [-0.1, -0.05) is 19.9 Å². The van der Waals surface area contributed by atoms with E-state index in [1.165, 1.54) is 0 Å². The second kappa shape index (κ2) is 9.21. The first-order valence-electron chi connectivity index (χ1n) is 7.83.